The molecule has 11 nitrogen and oxygen atoms in total. The van der Waals surface area contributed by atoms with Gasteiger partial charge >= 0.3 is 11.9 Å². The molecular formula is C33H39N3O8. The van der Waals surface area contributed by atoms with Crippen LogP contribution in [0.1, 0.15) is 65.4 Å². The predicted molar refractivity (Wildman–Crippen MR) is 165 cm³/mol. The number of carboxylic acid groups (broad SMARTS) is 2. The quantitative estimate of drug-likeness (QED) is 0.319. The highest BCUT2D eigenvalue weighted by Gasteiger charge is 2.35. The van der Waals surface area contributed by atoms with E-state index in [9.17, 15) is 19.2 Å². The van der Waals surface area contributed by atoms with Crippen LogP contribution in [0.25, 0.3) is 10.9 Å². The Morgan fingerprint density at radius 1 is 1.07 bits per heavy atom. The average molecular weight is 606 g/mol. The van der Waals surface area contributed by atoms with Crippen LogP contribution in [0.5, 0.6) is 11.5 Å². The largest absolute Gasteiger partial charge is 0.496 e. The summed E-state index contributed by atoms with van der Waals surface area (Å²) in [5.74, 6) is -0.979. The summed E-state index contributed by atoms with van der Waals surface area (Å²) in [5, 5.41) is 19.5. The third kappa shape index (κ3) is 7.65. The van der Waals surface area contributed by atoms with Crippen LogP contribution in [0.2, 0.25) is 0 Å². The molecule has 44 heavy (non-hydrogen) atoms. The first-order valence-corrected chi connectivity index (χ1v) is 14.5. The highest BCUT2D eigenvalue weighted by Crippen LogP contribution is 2.40. The van der Waals surface area contributed by atoms with Crippen LogP contribution in [-0.4, -0.2) is 82.7 Å². The minimum absolute atomic E-state index is 0.0629. The number of rotatable bonds is 8. The van der Waals surface area contributed by atoms with Crippen molar-refractivity contribution < 1.29 is 38.9 Å². The Morgan fingerprint density at radius 2 is 1.75 bits per heavy atom. The predicted octanol–water partition coefficient (Wildman–Crippen LogP) is 4.34. The summed E-state index contributed by atoms with van der Waals surface area (Å²) in [5.41, 5.74) is 2.93. The van der Waals surface area contributed by atoms with Crippen molar-refractivity contribution in [1.29, 1.82) is 0 Å². The molecule has 0 unspecified atom stereocenters. The van der Waals surface area contributed by atoms with Gasteiger partial charge in [-0.3, -0.25) is 9.59 Å². The molecule has 1 fully saturated rings. The van der Waals surface area contributed by atoms with E-state index in [0.29, 0.717) is 41.5 Å². The average Bonchev–Trinajstić information content (AvgIpc) is 3.42. The second-order valence-corrected chi connectivity index (χ2v) is 11.5. The van der Waals surface area contributed by atoms with E-state index in [1.165, 1.54) is 0 Å². The molecule has 11 heteroatoms. The lowest BCUT2D eigenvalue weighted by molar-refractivity contribution is -0.134. The molecule has 5 rings (SSSR count). The van der Waals surface area contributed by atoms with E-state index in [2.05, 4.69) is 27.0 Å². The minimum Gasteiger partial charge on any atom is -0.496 e. The van der Waals surface area contributed by atoms with Crippen molar-refractivity contribution >= 4 is 34.5 Å². The molecular weight excluding hydrogens is 566 g/mol. The van der Waals surface area contributed by atoms with E-state index in [1.807, 2.05) is 44.2 Å². The van der Waals surface area contributed by atoms with Crippen LogP contribution in [0.4, 0.5) is 0 Å². The van der Waals surface area contributed by atoms with Crippen molar-refractivity contribution in [2.45, 2.75) is 51.2 Å². The SMILES string of the molecule is CNC(=O)c1ccc2ccn(C3CCN(CCc4c(OC)ccc5c4OC(C)(C)CC5=O)CC3)c2c1.O=C(O)/C=C/C(=O)O. The molecule has 0 atom stereocenters. The number of carbonyl (C=O) groups is 4. The van der Waals surface area contributed by atoms with Crippen molar-refractivity contribution in [2.24, 2.45) is 0 Å². The van der Waals surface area contributed by atoms with Crippen molar-refractivity contribution in [2.75, 3.05) is 33.8 Å². The van der Waals surface area contributed by atoms with Crippen LogP contribution in [0.3, 0.4) is 0 Å². The van der Waals surface area contributed by atoms with E-state index >= 15 is 0 Å². The van der Waals surface area contributed by atoms with Gasteiger partial charge in [0.05, 0.1) is 19.1 Å². The summed E-state index contributed by atoms with van der Waals surface area (Å²) in [6.07, 6.45) is 6.50. The highest BCUT2D eigenvalue weighted by molar-refractivity contribution is 6.01. The number of piperidine rings is 1. The molecule has 0 spiro atoms. The number of nitrogens with zero attached hydrogens (tertiary/aromatic N) is 2. The monoisotopic (exact) mass is 605 g/mol. The number of ether oxygens (including phenoxy) is 2. The number of benzene rings is 2. The number of hydrogen-bond donors (Lipinski definition) is 3. The van der Waals surface area contributed by atoms with Crippen molar-refractivity contribution in [1.82, 2.24) is 14.8 Å². The fourth-order valence-corrected chi connectivity index (χ4v) is 5.75. The lowest BCUT2D eigenvalue weighted by Gasteiger charge is -2.35. The molecule has 1 aromatic heterocycles. The van der Waals surface area contributed by atoms with E-state index in [-0.39, 0.29) is 11.7 Å². The third-order valence-electron chi connectivity index (χ3n) is 7.91. The Balaban J connectivity index is 0.000000488. The molecule has 3 heterocycles. The molecule has 0 aliphatic carbocycles. The summed E-state index contributed by atoms with van der Waals surface area (Å²) >= 11 is 0. The Kier molecular flexibility index (Phi) is 10.1. The maximum atomic E-state index is 12.7. The molecule has 0 radical (unpaired) electrons. The van der Waals surface area contributed by atoms with E-state index < -0.39 is 17.5 Å². The molecule has 0 saturated carbocycles. The van der Waals surface area contributed by atoms with E-state index in [0.717, 1.165) is 61.1 Å². The number of Topliss-reactive ketones (excluding diaryl/α,β-unsaturated/α-hetero) is 1. The van der Waals surface area contributed by atoms with Gasteiger partial charge in [-0.05, 0) is 68.8 Å². The smallest absolute Gasteiger partial charge is 0.328 e. The van der Waals surface area contributed by atoms with E-state index in [4.69, 9.17) is 19.7 Å². The van der Waals surface area contributed by atoms with Gasteiger partial charge in [-0.25, -0.2) is 9.59 Å². The molecule has 0 bridgehead atoms. The van der Waals surface area contributed by atoms with Crippen molar-refractivity contribution in [3.05, 3.63) is 71.4 Å². The summed E-state index contributed by atoms with van der Waals surface area (Å²) in [4.78, 5) is 46.4. The number of likely N-dealkylation sites (tertiary alicyclic amines) is 1. The number of aromatic nitrogens is 1. The second kappa shape index (κ2) is 13.8. The molecule has 2 aromatic carbocycles. The zero-order valence-electron chi connectivity index (χ0n) is 25.5. The van der Waals surface area contributed by atoms with Gasteiger partial charge in [0.2, 0.25) is 0 Å². The number of fused-ring (bicyclic) bond motifs is 2. The van der Waals surface area contributed by atoms with Crippen LogP contribution >= 0.6 is 0 Å². The van der Waals surface area contributed by atoms with Gasteiger partial charge in [-0.15, -0.1) is 0 Å². The Bertz CT molecular complexity index is 1570. The first-order valence-electron chi connectivity index (χ1n) is 14.5. The third-order valence-corrected chi connectivity index (χ3v) is 7.91. The summed E-state index contributed by atoms with van der Waals surface area (Å²) in [6, 6.07) is 12.1. The normalized spacial score (nSPS) is 16.5. The first kappa shape index (κ1) is 32.3. The molecule has 234 valence electrons. The summed E-state index contributed by atoms with van der Waals surface area (Å²) < 4.78 is 14.3. The molecule has 1 saturated heterocycles. The zero-order chi connectivity index (χ0) is 32.0. The fraction of sp³-hybridized carbons (Fsp3) is 0.394. The number of hydrogen-bond acceptors (Lipinski definition) is 7. The molecule has 2 aliphatic rings. The lowest BCUT2D eigenvalue weighted by atomic mass is 9.90. The minimum atomic E-state index is -1.26. The Hall–Kier alpha value is -4.64. The standard InChI is InChI=1S/C29H35N3O4.C4H4O4/c1-29(2)18-25(33)22-7-8-26(35-4)23(27(22)36-29)12-15-31-13-10-21(11-14-31)32-16-9-19-5-6-20(17-24(19)32)28(34)30-3;5-3(6)1-2-4(7)8/h5-9,16-17,21H,10-15,18H2,1-4H3,(H,30,34);1-2H,(H,5,6)(H,7,8)/b;2-1+. The topological polar surface area (TPSA) is 147 Å². The highest BCUT2D eigenvalue weighted by atomic mass is 16.5. The van der Waals surface area contributed by atoms with Gasteiger partial charge in [0, 0.05) is 67.7 Å². The lowest BCUT2D eigenvalue weighted by Crippen LogP contribution is -2.37. The first-order chi connectivity index (χ1) is 20.9. The van der Waals surface area contributed by atoms with E-state index in [1.54, 1.807) is 14.2 Å². The second-order valence-electron chi connectivity index (χ2n) is 11.5. The summed E-state index contributed by atoms with van der Waals surface area (Å²) in [7, 11) is 3.33. The van der Waals surface area contributed by atoms with Crippen LogP contribution in [0.15, 0.2) is 54.7 Å². The van der Waals surface area contributed by atoms with Crippen molar-refractivity contribution in [3.63, 3.8) is 0 Å². The summed E-state index contributed by atoms with van der Waals surface area (Å²) in [6.45, 7) is 6.78. The van der Waals surface area contributed by atoms with Crippen LogP contribution in [-0.2, 0) is 16.0 Å². The number of nitrogens with one attached hydrogen (secondary N) is 1. The number of ketones is 1. The zero-order valence-corrected chi connectivity index (χ0v) is 25.5. The van der Waals surface area contributed by atoms with Gasteiger partial charge in [0.15, 0.2) is 5.78 Å². The number of amides is 1. The number of carboxylic acids is 2. The van der Waals surface area contributed by atoms with Gasteiger partial charge in [0.25, 0.3) is 5.91 Å². The number of aliphatic carboxylic acids is 2. The maximum absolute atomic E-state index is 12.7. The Morgan fingerprint density at radius 3 is 2.36 bits per heavy atom. The van der Waals surface area contributed by atoms with Gasteiger partial charge in [0.1, 0.15) is 17.1 Å². The molecule has 2 aliphatic heterocycles. The van der Waals surface area contributed by atoms with Crippen LogP contribution < -0.4 is 14.8 Å². The number of carbonyl (C=O) groups excluding carboxylic acids is 2. The fourth-order valence-electron chi connectivity index (χ4n) is 5.75. The Labute approximate surface area is 256 Å². The van der Waals surface area contributed by atoms with Gasteiger partial charge in [-0.1, -0.05) is 6.07 Å². The van der Waals surface area contributed by atoms with Gasteiger partial charge < -0.3 is 34.5 Å². The van der Waals surface area contributed by atoms with Crippen LogP contribution in [0, 0.1) is 0 Å². The molecule has 3 N–H and O–H groups in total. The number of methoxy groups -OCH3 is 1. The van der Waals surface area contributed by atoms with Crippen molar-refractivity contribution in [3.8, 4) is 11.5 Å². The maximum Gasteiger partial charge on any atom is 0.328 e. The van der Waals surface area contributed by atoms with Gasteiger partial charge in [-0.2, -0.15) is 0 Å². The molecule has 3 aromatic rings. The molecule has 1 amide bonds.